The third-order valence-electron chi connectivity index (χ3n) is 5.28. The SMILES string of the molecule is COc1ccc(CCc2cnc3c(N)nc4cc(/C=C(\F)P)ccc4c3c2)c(C)c1. The minimum atomic E-state index is -0.333. The number of aryl methyl sites for hydroxylation is 3. The molecule has 4 aromatic rings. The minimum absolute atomic E-state index is 0.333. The van der Waals surface area contributed by atoms with E-state index in [1.54, 1.807) is 7.11 Å². The van der Waals surface area contributed by atoms with Gasteiger partial charge in [-0.25, -0.2) is 9.37 Å². The molecule has 30 heavy (non-hydrogen) atoms. The van der Waals surface area contributed by atoms with Crippen molar-refractivity contribution in [3.63, 3.8) is 0 Å². The van der Waals surface area contributed by atoms with E-state index in [0.717, 1.165) is 46.0 Å². The number of nitrogen functional groups attached to an aromatic ring is 1. The maximum absolute atomic E-state index is 13.2. The van der Waals surface area contributed by atoms with Gasteiger partial charge in [-0.1, -0.05) is 27.4 Å². The number of nitrogens with zero attached hydrogens (tertiary/aromatic N) is 2. The van der Waals surface area contributed by atoms with Crippen molar-refractivity contribution in [2.24, 2.45) is 0 Å². The number of fused-ring (bicyclic) bond motifs is 3. The third kappa shape index (κ3) is 4.12. The fourth-order valence-corrected chi connectivity index (χ4v) is 3.90. The zero-order chi connectivity index (χ0) is 21.3. The molecule has 0 bridgehead atoms. The van der Waals surface area contributed by atoms with Crippen LogP contribution >= 0.6 is 9.24 Å². The van der Waals surface area contributed by atoms with Crippen molar-refractivity contribution in [3.8, 4) is 5.75 Å². The Labute approximate surface area is 177 Å². The standard InChI is InChI=1S/C24H23FN3OP/c1-14-9-18(29-2)7-6-17(14)5-3-16-10-20-19-8-4-15(12-22(25)30)11-21(19)28-24(26)23(20)27-13-16/h4,6-13H,3,5,30H2,1-2H3,(H2,26,28)/b22-12+. The first-order valence-corrected chi connectivity index (χ1v) is 10.3. The molecule has 0 aliphatic rings. The molecule has 0 spiro atoms. The molecule has 4 nitrogen and oxygen atoms in total. The number of methoxy groups -OCH3 is 1. The smallest absolute Gasteiger partial charge is 0.150 e. The maximum Gasteiger partial charge on any atom is 0.150 e. The number of pyridine rings is 2. The van der Waals surface area contributed by atoms with Crippen molar-refractivity contribution in [2.45, 2.75) is 19.8 Å². The number of rotatable bonds is 5. The van der Waals surface area contributed by atoms with Gasteiger partial charge in [-0.3, -0.25) is 4.98 Å². The summed E-state index contributed by atoms with van der Waals surface area (Å²) in [4.78, 5) is 9.05. The number of benzene rings is 2. The summed E-state index contributed by atoms with van der Waals surface area (Å²) >= 11 is 0. The van der Waals surface area contributed by atoms with Crippen LogP contribution in [0.25, 0.3) is 27.9 Å². The van der Waals surface area contributed by atoms with Crippen molar-refractivity contribution in [3.05, 3.63) is 76.5 Å². The monoisotopic (exact) mass is 419 g/mol. The molecule has 0 aliphatic carbocycles. The molecular weight excluding hydrogens is 396 g/mol. The second-order valence-corrected chi connectivity index (χ2v) is 7.89. The lowest BCUT2D eigenvalue weighted by atomic mass is 9.99. The summed E-state index contributed by atoms with van der Waals surface area (Å²) < 4.78 is 18.5. The van der Waals surface area contributed by atoms with E-state index >= 15 is 0 Å². The van der Waals surface area contributed by atoms with Crippen LogP contribution in [0.3, 0.4) is 0 Å². The Morgan fingerprint density at radius 3 is 2.70 bits per heavy atom. The molecule has 0 saturated carbocycles. The molecule has 1 unspecified atom stereocenters. The van der Waals surface area contributed by atoms with Crippen LogP contribution < -0.4 is 10.5 Å². The van der Waals surface area contributed by atoms with Gasteiger partial charge in [0.25, 0.3) is 0 Å². The fourth-order valence-electron chi connectivity index (χ4n) is 3.71. The summed E-state index contributed by atoms with van der Waals surface area (Å²) in [6, 6.07) is 13.9. The highest BCUT2D eigenvalue weighted by Crippen LogP contribution is 2.29. The third-order valence-corrected chi connectivity index (χ3v) is 5.44. The fraction of sp³-hybridized carbons (Fsp3) is 0.167. The second-order valence-electron chi connectivity index (χ2n) is 7.34. The quantitative estimate of drug-likeness (QED) is 0.337. The summed E-state index contributed by atoms with van der Waals surface area (Å²) in [5.41, 5.74) is 11.6. The molecule has 6 heteroatoms. The number of ether oxygens (including phenoxy) is 1. The zero-order valence-corrected chi connectivity index (χ0v) is 18.1. The Morgan fingerprint density at radius 1 is 1.13 bits per heavy atom. The molecule has 0 amide bonds. The lowest BCUT2D eigenvalue weighted by molar-refractivity contribution is 0.414. The first-order chi connectivity index (χ1) is 14.4. The van der Waals surface area contributed by atoms with Crippen LogP contribution in [0.4, 0.5) is 10.2 Å². The number of anilines is 1. The van der Waals surface area contributed by atoms with Crippen molar-refractivity contribution in [1.29, 1.82) is 0 Å². The number of halogens is 1. The molecule has 0 aliphatic heterocycles. The molecule has 0 fully saturated rings. The van der Waals surface area contributed by atoms with Crippen LogP contribution in [0.5, 0.6) is 5.75 Å². The number of aromatic nitrogens is 2. The summed E-state index contributed by atoms with van der Waals surface area (Å²) in [7, 11) is 3.72. The van der Waals surface area contributed by atoms with Gasteiger partial charge in [-0.15, -0.1) is 0 Å². The largest absolute Gasteiger partial charge is 0.497 e. The van der Waals surface area contributed by atoms with E-state index in [1.165, 1.54) is 17.2 Å². The molecular formula is C24H23FN3OP. The van der Waals surface area contributed by atoms with Gasteiger partial charge in [-0.05, 0) is 72.4 Å². The van der Waals surface area contributed by atoms with E-state index in [2.05, 4.69) is 35.1 Å². The average Bonchev–Trinajstić information content (AvgIpc) is 2.72. The van der Waals surface area contributed by atoms with E-state index in [9.17, 15) is 4.39 Å². The summed E-state index contributed by atoms with van der Waals surface area (Å²) in [5, 5.41) is 1.92. The molecule has 0 saturated heterocycles. The summed E-state index contributed by atoms with van der Waals surface area (Å²) in [5.74, 6) is 1.25. The van der Waals surface area contributed by atoms with Gasteiger partial charge >= 0.3 is 0 Å². The molecule has 0 radical (unpaired) electrons. The van der Waals surface area contributed by atoms with Crippen LogP contribution in [0, 0.1) is 6.92 Å². The van der Waals surface area contributed by atoms with Crippen LogP contribution in [0.2, 0.25) is 0 Å². The van der Waals surface area contributed by atoms with Crippen LogP contribution in [-0.2, 0) is 12.8 Å². The van der Waals surface area contributed by atoms with Gasteiger partial charge in [0.15, 0.2) is 5.82 Å². The lowest BCUT2D eigenvalue weighted by Gasteiger charge is -2.10. The van der Waals surface area contributed by atoms with Crippen LogP contribution in [0.15, 0.2) is 54.2 Å². The molecule has 2 aromatic heterocycles. The summed E-state index contributed by atoms with van der Waals surface area (Å²) in [6.45, 7) is 2.10. The minimum Gasteiger partial charge on any atom is -0.497 e. The number of hydrogen-bond donors (Lipinski definition) is 1. The summed E-state index contributed by atoms with van der Waals surface area (Å²) in [6.07, 6.45) is 5.08. The van der Waals surface area contributed by atoms with E-state index < -0.39 is 0 Å². The number of nitrogens with two attached hydrogens (primary N) is 1. The van der Waals surface area contributed by atoms with Crippen LogP contribution in [0.1, 0.15) is 22.3 Å². The molecule has 2 N–H and O–H groups in total. The predicted molar refractivity (Wildman–Crippen MR) is 125 cm³/mol. The van der Waals surface area contributed by atoms with Gasteiger partial charge in [-0.2, -0.15) is 0 Å². The number of hydrogen-bond acceptors (Lipinski definition) is 4. The first kappa shape index (κ1) is 20.2. The molecule has 152 valence electrons. The van der Waals surface area contributed by atoms with E-state index in [1.807, 2.05) is 39.7 Å². The zero-order valence-electron chi connectivity index (χ0n) is 16.9. The molecule has 1 atom stereocenters. The Hall–Kier alpha value is -3.04. The molecule has 2 heterocycles. The molecule has 4 rings (SSSR count). The van der Waals surface area contributed by atoms with Gasteiger partial charge in [0.1, 0.15) is 16.8 Å². The maximum atomic E-state index is 13.2. The van der Waals surface area contributed by atoms with E-state index in [0.29, 0.717) is 11.3 Å². The highest BCUT2D eigenvalue weighted by atomic mass is 31.0. The van der Waals surface area contributed by atoms with Crippen molar-refractivity contribution in [1.82, 2.24) is 9.97 Å². The second kappa shape index (κ2) is 8.37. The topological polar surface area (TPSA) is 61.0 Å². The predicted octanol–water partition coefficient (Wildman–Crippen LogP) is 5.61. The van der Waals surface area contributed by atoms with Gasteiger partial charge in [0, 0.05) is 17.0 Å². The van der Waals surface area contributed by atoms with E-state index in [-0.39, 0.29) is 5.57 Å². The molecule has 2 aromatic carbocycles. The highest BCUT2D eigenvalue weighted by molar-refractivity contribution is 7.22. The highest BCUT2D eigenvalue weighted by Gasteiger charge is 2.10. The van der Waals surface area contributed by atoms with Crippen molar-refractivity contribution >= 4 is 42.9 Å². The van der Waals surface area contributed by atoms with Crippen molar-refractivity contribution in [2.75, 3.05) is 12.8 Å². The van der Waals surface area contributed by atoms with Crippen LogP contribution in [-0.4, -0.2) is 17.1 Å². The Morgan fingerprint density at radius 2 is 1.97 bits per heavy atom. The van der Waals surface area contributed by atoms with Gasteiger partial charge in [0.2, 0.25) is 0 Å². The van der Waals surface area contributed by atoms with E-state index in [4.69, 9.17) is 10.5 Å². The first-order valence-electron chi connectivity index (χ1n) is 9.68. The van der Waals surface area contributed by atoms with Gasteiger partial charge in [0.05, 0.1) is 12.6 Å². The Balaban J connectivity index is 1.70. The van der Waals surface area contributed by atoms with Gasteiger partial charge < -0.3 is 10.5 Å². The lowest BCUT2D eigenvalue weighted by Crippen LogP contribution is -1.99. The normalized spacial score (nSPS) is 11.9. The van der Waals surface area contributed by atoms with Crippen molar-refractivity contribution < 1.29 is 9.13 Å². The Kier molecular flexibility index (Phi) is 5.65. The average molecular weight is 419 g/mol. The Bertz CT molecular complexity index is 1280.